The fourth-order valence-electron chi connectivity index (χ4n) is 2.26. The molecule has 0 spiro atoms. The monoisotopic (exact) mass is 280 g/mol. The van der Waals surface area contributed by atoms with Gasteiger partial charge in [-0.25, -0.2) is 8.78 Å². The Hall–Kier alpha value is -1.75. The van der Waals surface area contributed by atoms with Gasteiger partial charge in [0.05, 0.1) is 5.69 Å². The van der Waals surface area contributed by atoms with Gasteiger partial charge in [0, 0.05) is 23.7 Å². The van der Waals surface area contributed by atoms with Crippen molar-refractivity contribution < 1.29 is 13.3 Å². The van der Waals surface area contributed by atoms with Crippen molar-refractivity contribution in [2.75, 3.05) is 0 Å². The molecule has 1 aromatic heterocycles. The molecule has 2 rings (SSSR count). The fraction of sp³-hybridized carbons (Fsp3) is 0.400. The summed E-state index contributed by atoms with van der Waals surface area (Å²) in [5, 5.41) is 7.27. The van der Waals surface area contributed by atoms with Gasteiger partial charge in [-0.1, -0.05) is 29.4 Å². The summed E-state index contributed by atoms with van der Waals surface area (Å²) >= 11 is 0. The normalized spacial score (nSPS) is 12.9. The van der Waals surface area contributed by atoms with Crippen LogP contribution in [0.1, 0.15) is 47.5 Å². The molecule has 20 heavy (non-hydrogen) atoms. The average molecular weight is 280 g/mol. The van der Waals surface area contributed by atoms with E-state index in [-0.39, 0.29) is 11.6 Å². The Balaban J connectivity index is 1.98. The van der Waals surface area contributed by atoms with E-state index in [4.69, 9.17) is 4.52 Å². The van der Waals surface area contributed by atoms with E-state index in [9.17, 15) is 8.78 Å². The van der Waals surface area contributed by atoms with Crippen molar-refractivity contribution in [3.05, 3.63) is 52.4 Å². The average Bonchev–Trinajstić information content (AvgIpc) is 2.76. The molecule has 1 atom stereocenters. The number of benzene rings is 1. The van der Waals surface area contributed by atoms with Crippen LogP contribution in [0.4, 0.5) is 8.78 Å². The summed E-state index contributed by atoms with van der Waals surface area (Å²) in [5.74, 6) is 0.801. The maximum atomic E-state index is 12.5. The highest BCUT2D eigenvalue weighted by atomic mass is 19.3. The van der Waals surface area contributed by atoms with Gasteiger partial charge >= 0.3 is 0 Å². The smallest absolute Gasteiger partial charge is 0.263 e. The molecule has 0 amide bonds. The van der Waals surface area contributed by atoms with Crippen LogP contribution in [0.15, 0.2) is 28.8 Å². The molecule has 0 aliphatic rings. The van der Waals surface area contributed by atoms with Crippen molar-refractivity contribution >= 4 is 0 Å². The molecule has 0 fully saturated rings. The number of aryl methyl sites for hydroxylation is 2. The third-order valence-corrected chi connectivity index (χ3v) is 3.37. The van der Waals surface area contributed by atoms with Crippen LogP contribution in [0.3, 0.4) is 0 Å². The molecule has 0 aliphatic carbocycles. The van der Waals surface area contributed by atoms with E-state index in [0.29, 0.717) is 6.54 Å². The SMILES string of the molecule is Cc1noc(C)c1C(C)NCc1ccc(C(F)F)cc1. The molecular weight excluding hydrogens is 262 g/mol. The second-order valence-electron chi connectivity index (χ2n) is 4.88. The predicted molar refractivity (Wildman–Crippen MR) is 72.6 cm³/mol. The number of hydrogen-bond acceptors (Lipinski definition) is 3. The van der Waals surface area contributed by atoms with E-state index in [1.54, 1.807) is 12.1 Å². The topological polar surface area (TPSA) is 38.1 Å². The van der Waals surface area contributed by atoms with E-state index in [0.717, 1.165) is 22.6 Å². The molecule has 3 nitrogen and oxygen atoms in total. The Labute approximate surface area is 117 Å². The van der Waals surface area contributed by atoms with E-state index in [1.807, 2.05) is 20.8 Å². The largest absolute Gasteiger partial charge is 0.361 e. The molecular formula is C15H18F2N2O. The summed E-state index contributed by atoms with van der Waals surface area (Å²) < 4.78 is 30.0. The van der Waals surface area contributed by atoms with Gasteiger partial charge in [0.1, 0.15) is 5.76 Å². The number of aromatic nitrogens is 1. The second kappa shape index (κ2) is 6.13. The maximum absolute atomic E-state index is 12.5. The highest BCUT2D eigenvalue weighted by molar-refractivity contribution is 5.26. The van der Waals surface area contributed by atoms with E-state index in [1.165, 1.54) is 12.1 Å². The number of nitrogens with one attached hydrogen (secondary N) is 1. The number of rotatable bonds is 5. The van der Waals surface area contributed by atoms with E-state index >= 15 is 0 Å². The van der Waals surface area contributed by atoms with Gasteiger partial charge in [-0.3, -0.25) is 0 Å². The van der Waals surface area contributed by atoms with Crippen LogP contribution < -0.4 is 5.32 Å². The van der Waals surface area contributed by atoms with Crippen molar-refractivity contribution in [2.45, 2.75) is 39.8 Å². The van der Waals surface area contributed by atoms with Crippen LogP contribution >= 0.6 is 0 Å². The molecule has 0 bridgehead atoms. The summed E-state index contributed by atoms with van der Waals surface area (Å²) in [4.78, 5) is 0. The van der Waals surface area contributed by atoms with Gasteiger partial charge in [0.25, 0.3) is 6.43 Å². The number of alkyl halides is 2. The first kappa shape index (κ1) is 14.7. The maximum Gasteiger partial charge on any atom is 0.263 e. The number of halogens is 2. The molecule has 0 aliphatic heterocycles. The first-order valence-corrected chi connectivity index (χ1v) is 6.52. The van der Waals surface area contributed by atoms with Crippen molar-refractivity contribution in [3.63, 3.8) is 0 Å². The lowest BCUT2D eigenvalue weighted by Crippen LogP contribution is -2.19. The lowest BCUT2D eigenvalue weighted by molar-refractivity contribution is 0.151. The van der Waals surface area contributed by atoms with Crippen molar-refractivity contribution in [1.29, 1.82) is 0 Å². The summed E-state index contributed by atoms with van der Waals surface area (Å²) in [6.07, 6.45) is -2.42. The molecule has 5 heteroatoms. The summed E-state index contributed by atoms with van der Waals surface area (Å²) in [5.41, 5.74) is 2.94. The Morgan fingerprint density at radius 2 is 1.85 bits per heavy atom. The first-order chi connectivity index (χ1) is 9.49. The van der Waals surface area contributed by atoms with Crippen LogP contribution in [0, 0.1) is 13.8 Å². The minimum Gasteiger partial charge on any atom is -0.361 e. The highest BCUT2D eigenvalue weighted by Gasteiger charge is 2.15. The van der Waals surface area contributed by atoms with Crippen LogP contribution in [-0.4, -0.2) is 5.16 Å². The molecule has 0 radical (unpaired) electrons. The standard InChI is InChI=1S/C15H18F2N2O/c1-9(14-10(2)19-20-11(14)3)18-8-12-4-6-13(7-5-12)15(16)17/h4-7,9,15,18H,8H2,1-3H3. The molecule has 0 saturated heterocycles. The lowest BCUT2D eigenvalue weighted by Gasteiger charge is -2.14. The third kappa shape index (κ3) is 3.22. The Morgan fingerprint density at radius 1 is 1.20 bits per heavy atom. The zero-order chi connectivity index (χ0) is 14.7. The molecule has 108 valence electrons. The third-order valence-electron chi connectivity index (χ3n) is 3.37. The number of nitrogens with zero attached hydrogens (tertiary/aromatic N) is 1. The Kier molecular flexibility index (Phi) is 4.49. The van der Waals surface area contributed by atoms with E-state index < -0.39 is 6.43 Å². The molecule has 1 aromatic carbocycles. The summed E-state index contributed by atoms with van der Waals surface area (Å²) in [7, 11) is 0. The van der Waals surface area contributed by atoms with Crippen molar-refractivity contribution in [1.82, 2.24) is 10.5 Å². The Bertz CT molecular complexity index is 544. The highest BCUT2D eigenvalue weighted by Crippen LogP contribution is 2.22. The molecule has 0 saturated carbocycles. The second-order valence-corrected chi connectivity index (χ2v) is 4.88. The minimum absolute atomic E-state index is 0.0486. The van der Waals surface area contributed by atoms with Crippen LogP contribution in [-0.2, 0) is 6.54 Å². The lowest BCUT2D eigenvalue weighted by atomic mass is 10.1. The quantitative estimate of drug-likeness (QED) is 0.896. The summed E-state index contributed by atoms with van der Waals surface area (Å²) in [6.45, 7) is 6.42. The number of hydrogen-bond donors (Lipinski definition) is 1. The first-order valence-electron chi connectivity index (χ1n) is 6.52. The van der Waals surface area contributed by atoms with Gasteiger partial charge in [0.15, 0.2) is 0 Å². The molecule has 1 unspecified atom stereocenters. The van der Waals surface area contributed by atoms with Gasteiger partial charge in [-0.15, -0.1) is 0 Å². The zero-order valence-corrected chi connectivity index (χ0v) is 11.8. The van der Waals surface area contributed by atoms with Crippen molar-refractivity contribution in [2.24, 2.45) is 0 Å². The van der Waals surface area contributed by atoms with Gasteiger partial charge in [-0.05, 0) is 26.3 Å². The predicted octanol–water partition coefficient (Wildman–Crippen LogP) is 4.08. The zero-order valence-electron chi connectivity index (χ0n) is 11.8. The Morgan fingerprint density at radius 3 is 2.35 bits per heavy atom. The molecule has 2 aromatic rings. The summed E-state index contributed by atoms with van der Waals surface area (Å²) in [6, 6.07) is 6.45. The van der Waals surface area contributed by atoms with Gasteiger partial charge in [0.2, 0.25) is 0 Å². The van der Waals surface area contributed by atoms with Crippen LogP contribution in [0.25, 0.3) is 0 Å². The minimum atomic E-state index is -2.42. The van der Waals surface area contributed by atoms with Crippen LogP contribution in [0.2, 0.25) is 0 Å². The van der Waals surface area contributed by atoms with Gasteiger partial charge in [-0.2, -0.15) is 0 Å². The van der Waals surface area contributed by atoms with E-state index in [2.05, 4.69) is 10.5 Å². The molecule has 1 heterocycles. The van der Waals surface area contributed by atoms with Gasteiger partial charge < -0.3 is 9.84 Å². The molecule has 1 N–H and O–H groups in total. The van der Waals surface area contributed by atoms with Crippen LogP contribution in [0.5, 0.6) is 0 Å². The van der Waals surface area contributed by atoms with Crippen molar-refractivity contribution in [3.8, 4) is 0 Å². The fourth-order valence-corrected chi connectivity index (χ4v) is 2.26.